The lowest BCUT2D eigenvalue weighted by Gasteiger charge is -2.19. The number of hydrogen-bond donors (Lipinski definition) is 1. The van der Waals surface area contributed by atoms with Crippen LogP contribution in [0.4, 0.5) is 0 Å². The van der Waals surface area contributed by atoms with Gasteiger partial charge in [0.15, 0.2) is 0 Å². The monoisotopic (exact) mass is 356 g/mol. The van der Waals surface area contributed by atoms with Gasteiger partial charge in [0.2, 0.25) is 5.91 Å². The number of carboxylic acid groups (broad SMARTS) is 1. The zero-order valence-corrected chi connectivity index (χ0v) is 14.4. The van der Waals surface area contributed by atoms with Gasteiger partial charge in [-0.2, -0.15) is 5.10 Å². The Morgan fingerprint density at radius 2 is 2.15 bits per heavy atom. The summed E-state index contributed by atoms with van der Waals surface area (Å²) in [5, 5.41) is 14.7. The summed E-state index contributed by atoms with van der Waals surface area (Å²) in [6.45, 7) is 0. The molecule has 1 aliphatic rings. The zero-order chi connectivity index (χ0) is 18.5. The van der Waals surface area contributed by atoms with Crippen molar-refractivity contribution >= 4 is 17.6 Å². The molecule has 1 N–H and O–H groups in total. The fraction of sp³-hybridized carbons (Fsp3) is 0.316. The van der Waals surface area contributed by atoms with E-state index in [0.717, 1.165) is 11.3 Å². The number of carboxylic acids is 1. The number of nitrogens with zero attached hydrogens (tertiary/aromatic N) is 2. The molecule has 1 aromatic heterocycles. The third kappa shape index (κ3) is 3.93. The third-order valence-electron chi connectivity index (χ3n) is 4.22. The fourth-order valence-corrected chi connectivity index (χ4v) is 2.93. The average molecular weight is 356 g/mol. The first-order valence-electron chi connectivity index (χ1n) is 8.37. The Balaban J connectivity index is 1.83. The lowest BCUT2D eigenvalue weighted by molar-refractivity contribution is -0.137. The molecule has 0 saturated carbocycles. The minimum atomic E-state index is -0.914. The molecule has 0 saturated heterocycles. The van der Waals surface area contributed by atoms with Crippen molar-refractivity contribution in [3.63, 3.8) is 0 Å². The highest BCUT2D eigenvalue weighted by molar-refractivity contribution is 6.03. The molecule has 2 heterocycles. The standard InChI is InChI=1S/C19H20N2O5/c1-25-14-6-2-5-13(11-14)15-12-16(17-7-4-10-26-17)21(20-15)18(22)8-3-9-19(23)24/h2,4-7,10-11,16H,3,8-9,12H2,1H3,(H,23,24). The second kappa shape index (κ2) is 7.86. The van der Waals surface area contributed by atoms with E-state index < -0.39 is 5.97 Å². The van der Waals surface area contributed by atoms with Crippen LogP contribution in [0.3, 0.4) is 0 Å². The Morgan fingerprint density at radius 1 is 1.31 bits per heavy atom. The molecule has 0 bridgehead atoms. The van der Waals surface area contributed by atoms with Gasteiger partial charge >= 0.3 is 5.97 Å². The van der Waals surface area contributed by atoms with Gasteiger partial charge in [-0.1, -0.05) is 12.1 Å². The topological polar surface area (TPSA) is 92.3 Å². The minimum Gasteiger partial charge on any atom is -0.497 e. The van der Waals surface area contributed by atoms with E-state index in [1.807, 2.05) is 30.3 Å². The molecule has 26 heavy (non-hydrogen) atoms. The number of rotatable bonds is 7. The summed E-state index contributed by atoms with van der Waals surface area (Å²) in [6.07, 6.45) is 2.44. The summed E-state index contributed by atoms with van der Waals surface area (Å²) in [6, 6.07) is 10.8. The molecule has 3 rings (SSSR count). The van der Waals surface area contributed by atoms with E-state index in [9.17, 15) is 9.59 Å². The lowest BCUT2D eigenvalue weighted by Crippen LogP contribution is -2.26. The van der Waals surface area contributed by atoms with Crippen LogP contribution >= 0.6 is 0 Å². The van der Waals surface area contributed by atoms with Crippen molar-refractivity contribution in [2.45, 2.75) is 31.7 Å². The highest BCUT2D eigenvalue weighted by Crippen LogP contribution is 2.34. The van der Waals surface area contributed by atoms with Crippen LogP contribution in [0.5, 0.6) is 5.75 Å². The third-order valence-corrected chi connectivity index (χ3v) is 4.22. The number of ether oxygens (including phenoxy) is 1. The van der Waals surface area contributed by atoms with Gasteiger partial charge in [-0.25, -0.2) is 5.01 Å². The summed E-state index contributed by atoms with van der Waals surface area (Å²) in [5.74, 6) is 0.233. The molecule has 1 unspecified atom stereocenters. The van der Waals surface area contributed by atoms with Crippen LogP contribution in [0.2, 0.25) is 0 Å². The summed E-state index contributed by atoms with van der Waals surface area (Å²) < 4.78 is 10.7. The van der Waals surface area contributed by atoms with Gasteiger partial charge in [-0.05, 0) is 30.7 Å². The SMILES string of the molecule is COc1cccc(C2=NN(C(=O)CCCC(=O)O)C(c3ccco3)C2)c1. The van der Waals surface area contributed by atoms with Crippen LogP contribution in [-0.4, -0.2) is 34.8 Å². The molecular weight excluding hydrogens is 336 g/mol. The molecule has 1 amide bonds. The van der Waals surface area contributed by atoms with E-state index >= 15 is 0 Å². The number of methoxy groups -OCH3 is 1. The van der Waals surface area contributed by atoms with Crippen LogP contribution in [-0.2, 0) is 9.59 Å². The smallest absolute Gasteiger partial charge is 0.303 e. The van der Waals surface area contributed by atoms with Gasteiger partial charge < -0.3 is 14.3 Å². The zero-order valence-electron chi connectivity index (χ0n) is 14.4. The number of carbonyl (C=O) groups excluding carboxylic acids is 1. The van der Waals surface area contributed by atoms with Crippen molar-refractivity contribution < 1.29 is 23.8 Å². The highest BCUT2D eigenvalue weighted by atomic mass is 16.5. The molecule has 2 aromatic rings. The van der Waals surface area contributed by atoms with Crippen molar-refractivity contribution in [1.29, 1.82) is 0 Å². The van der Waals surface area contributed by atoms with Crippen molar-refractivity contribution in [3.05, 3.63) is 54.0 Å². The van der Waals surface area contributed by atoms with Crippen LogP contribution < -0.4 is 4.74 Å². The largest absolute Gasteiger partial charge is 0.497 e. The first-order chi connectivity index (χ1) is 12.6. The number of benzene rings is 1. The van der Waals surface area contributed by atoms with E-state index in [1.54, 1.807) is 19.4 Å². The van der Waals surface area contributed by atoms with Gasteiger partial charge in [0.05, 0.1) is 19.1 Å². The van der Waals surface area contributed by atoms with Gasteiger partial charge in [-0.15, -0.1) is 0 Å². The Kier molecular flexibility index (Phi) is 5.36. The Labute approximate surface area is 150 Å². The lowest BCUT2D eigenvalue weighted by atomic mass is 10.0. The van der Waals surface area contributed by atoms with Gasteiger partial charge in [0, 0.05) is 24.8 Å². The van der Waals surface area contributed by atoms with Crippen molar-refractivity contribution in [3.8, 4) is 5.75 Å². The molecule has 0 aliphatic carbocycles. The Bertz CT molecular complexity index is 813. The van der Waals surface area contributed by atoms with Crippen LogP contribution in [0.25, 0.3) is 0 Å². The van der Waals surface area contributed by atoms with E-state index in [0.29, 0.717) is 17.9 Å². The average Bonchev–Trinajstić information content (AvgIpc) is 3.30. The van der Waals surface area contributed by atoms with Crippen molar-refractivity contribution in [1.82, 2.24) is 5.01 Å². The molecule has 1 aromatic carbocycles. The second-order valence-corrected chi connectivity index (χ2v) is 6.00. The molecule has 0 radical (unpaired) electrons. The van der Waals surface area contributed by atoms with Gasteiger partial charge in [0.1, 0.15) is 17.6 Å². The van der Waals surface area contributed by atoms with Crippen molar-refractivity contribution in [2.24, 2.45) is 5.10 Å². The number of hydrazone groups is 1. The fourth-order valence-electron chi connectivity index (χ4n) is 2.93. The summed E-state index contributed by atoms with van der Waals surface area (Å²) in [4.78, 5) is 23.3. The minimum absolute atomic E-state index is 0.0442. The molecule has 0 spiro atoms. The number of aliphatic carboxylic acids is 1. The number of hydrogen-bond acceptors (Lipinski definition) is 5. The maximum absolute atomic E-state index is 12.6. The van der Waals surface area contributed by atoms with Crippen LogP contribution in [0.1, 0.15) is 43.0 Å². The summed E-state index contributed by atoms with van der Waals surface area (Å²) in [5.41, 5.74) is 1.64. The molecule has 136 valence electrons. The molecule has 1 aliphatic heterocycles. The molecule has 7 nitrogen and oxygen atoms in total. The Morgan fingerprint density at radius 3 is 2.85 bits per heavy atom. The first kappa shape index (κ1) is 17.7. The number of carbonyl (C=O) groups is 2. The van der Waals surface area contributed by atoms with Gasteiger partial charge in [-0.3, -0.25) is 9.59 Å². The highest BCUT2D eigenvalue weighted by Gasteiger charge is 2.34. The van der Waals surface area contributed by atoms with Crippen LogP contribution in [0, 0.1) is 0 Å². The molecular formula is C19H20N2O5. The number of amides is 1. The van der Waals surface area contributed by atoms with Gasteiger partial charge in [0.25, 0.3) is 0 Å². The van der Waals surface area contributed by atoms with E-state index in [-0.39, 0.29) is 31.2 Å². The summed E-state index contributed by atoms with van der Waals surface area (Å²) >= 11 is 0. The molecule has 1 atom stereocenters. The first-order valence-corrected chi connectivity index (χ1v) is 8.37. The summed E-state index contributed by atoms with van der Waals surface area (Å²) in [7, 11) is 1.60. The van der Waals surface area contributed by atoms with E-state index in [2.05, 4.69) is 5.10 Å². The number of furan rings is 1. The molecule has 7 heteroatoms. The molecule has 0 fully saturated rings. The maximum Gasteiger partial charge on any atom is 0.303 e. The maximum atomic E-state index is 12.6. The second-order valence-electron chi connectivity index (χ2n) is 6.00. The van der Waals surface area contributed by atoms with E-state index in [1.165, 1.54) is 5.01 Å². The Hall–Kier alpha value is -3.09. The van der Waals surface area contributed by atoms with Crippen molar-refractivity contribution in [2.75, 3.05) is 7.11 Å². The van der Waals surface area contributed by atoms with Crippen LogP contribution in [0.15, 0.2) is 52.2 Å². The quantitative estimate of drug-likeness (QED) is 0.822. The predicted molar refractivity (Wildman–Crippen MR) is 93.9 cm³/mol. The predicted octanol–water partition coefficient (Wildman–Crippen LogP) is 3.22. The van der Waals surface area contributed by atoms with E-state index in [4.69, 9.17) is 14.3 Å². The normalized spacial score (nSPS) is 16.4.